The van der Waals surface area contributed by atoms with Crippen molar-refractivity contribution < 1.29 is 5.11 Å². The molecular weight excluding hydrogens is 291 g/mol. The molecular formula is C14H11Cl3O. The number of aliphatic hydroxyl groups is 1. The number of rotatable bonds is 2. The van der Waals surface area contributed by atoms with E-state index in [0.717, 1.165) is 0 Å². The zero-order valence-corrected chi connectivity index (χ0v) is 11.9. The van der Waals surface area contributed by atoms with Crippen molar-refractivity contribution in [2.24, 2.45) is 0 Å². The summed E-state index contributed by atoms with van der Waals surface area (Å²) >= 11 is 18.0. The first kappa shape index (κ1) is 13.7. The van der Waals surface area contributed by atoms with Crippen molar-refractivity contribution >= 4 is 34.8 Å². The maximum Gasteiger partial charge on any atom is 0.113 e. The summed E-state index contributed by atoms with van der Waals surface area (Å²) in [5.74, 6) is 0. The van der Waals surface area contributed by atoms with Crippen molar-refractivity contribution in [1.29, 1.82) is 0 Å². The average Bonchev–Trinajstić information content (AvgIpc) is 2.32. The molecule has 0 aromatic heterocycles. The predicted molar refractivity (Wildman–Crippen MR) is 76.6 cm³/mol. The van der Waals surface area contributed by atoms with E-state index in [2.05, 4.69) is 0 Å². The molecule has 0 fully saturated rings. The van der Waals surface area contributed by atoms with Crippen LogP contribution in [-0.4, -0.2) is 5.11 Å². The summed E-state index contributed by atoms with van der Waals surface area (Å²) in [6.07, 6.45) is 0. The van der Waals surface area contributed by atoms with Crippen LogP contribution in [0.15, 0.2) is 42.5 Å². The van der Waals surface area contributed by atoms with Crippen LogP contribution in [0.25, 0.3) is 0 Å². The van der Waals surface area contributed by atoms with Crippen molar-refractivity contribution in [1.82, 2.24) is 0 Å². The maximum absolute atomic E-state index is 10.7. The molecule has 1 N–H and O–H groups in total. The minimum absolute atomic E-state index is 0.462. The summed E-state index contributed by atoms with van der Waals surface area (Å²) in [5, 5.41) is 12.2. The molecule has 0 bridgehead atoms. The molecule has 2 rings (SSSR count). The lowest BCUT2D eigenvalue weighted by atomic mass is 9.88. The standard InChI is InChI=1S/C14H11Cl3O/c1-14(18,9-3-2-4-10(15)7-9)12-8-11(16)5-6-13(12)17/h2-8,18H,1H3. The third kappa shape index (κ3) is 2.65. The Morgan fingerprint density at radius 2 is 1.61 bits per heavy atom. The minimum atomic E-state index is -1.24. The van der Waals surface area contributed by atoms with Crippen LogP contribution in [0.4, 0.5) is 0 Å². The van der Waals surface area contributed by atoms with Crippen LogP contribution in [-0.2, 0) is 5.60 Å². The topological polar surface area (TPSA) is 20.2 Å². The van der Waals surface area contributed by atoms with Gasteiger partial charge < -0.3 is 5.11 Å². The number of hydrogen-bond acceptors (Lipinski definition) is 1. The third-order valence-corrected chi connectivity index (χ3v) is 3.64. The van der Waals surface area contributed by atoms with Crippen molar-refractivity contribution in [3.05, 3.63) is 68.7 Å². The Hall–Kier alpha value is -0.730. The van der Waals surface area contributed by atoms with Gasteiger partial charge in [-0.15, -0.1) is 0 Å². The molecule has 0 saturated carbocycles. The highest BCUT2D eigenvalue weighted by Gasteiger charge is 2.28. The molecule has 2 aromatic carbocycles. The van der Waals surface area contributed by atoms with Crippen molar-refractivity contribution in [2.45, 2.75) is 12.5 Å². The molecule has 0 saturated heterocycles. The van der Waals surface area contributed by atoms with Gasteiger partial charge in [-0.3, -0.25) is 0 Å². The molecule has 0 spiro atoms. The van der Waals surface area contributed by atoms with E-state index >= 15 is 0 Å². The van der Waals surface area contributed by atoms with Gasteiger partial charge in [-0.1, -0.05) is 46.9 Å². The molecule has 0 aliphatic carbocycles. The van der Waals surface area contributed by atoms with Crippen LogP contribution in [0, 0.1) is 0 Å². The van der Waals surface area contributed by atoms with Gasteiger partial charge in [0.1, 0.15) is 5.60 Å². The lowest BCUT2D eigenvalue weighted by Crippen LogP contribution is -2.23. The van der Waals surface area contributed by atoms with Crippen molar-refractivity contribution in [3.8, 4) is 0 Å². The Morgan fingerprint density at radius 3 is 2.28 bits per heavy atom. The molecule has 1 unspecified atom stereocenters. The highest BCUT2D eigenvalue weighted by Crippen LogP contribution is 2.36. The van der Waals surface area contributed by atoms with Gasteiger partial charge in [0.15, 0.2) is 0 Å². The second-order valence-electron chi connectivity index (χ2n) is 4.21. The molecule has 0 aliphatic heterocycles. The van der Waals surface area contributed by atoms with Crippen molar-refractivity contribution in [2.75, 3.05) is 0 Å². The predicted octanol–water partition coefficient (Wildman–Crippen LogP) is 4.90. The molecule has 1 nitrogen and oxygen atoms in total. The summed E-state index contributed by atoms with van der Waals surface area (Å²) in [6.45, 7) is 1.66. The second kappa shape index (κ2) is 5.10. The summed E-state index contributed by atoms with van der Waals surface area (Å²) in [6, 6.07) is 12.0. The van der Waals surface area contributed by atoms with Crippen LogP contribution in [0.5, 0.6) is 0 Å². The first-order valence-electron chi connectivity index (χ1n) is 5.35. The first-order chi connectivity index (χ1) is 8.41. The smallest absolute Gasteiger partial charge is 0.113 e. The first-order valence-corrected chi connectivity index (χ1v) is 6.48. The van der Waals surface area contributed by atoms with Crippen molar-refractivity contribution in [3.63, 3.8) is 0 Å². The van der Waals surface area contributed by atoms with Crippen LogP contribution in [0.3, 0.4) is 0 Å². The molecule has 0 amide bonds. The maximum atomic E-state index is 10.7. The summed E-state index contributed by atoms with van der Waals surface area (Å²) < 4.78 is 0. The SMILES string of the molecule is CC(O)(c1cccc(Cl)c1)c1cc(Cl)ccc1Cl. The van der Waals surface area contributed by atoms with Crippen LogP contribution < -0.4 is 0 Å². The monoisotopic (exact) mass is 300 g/mol. The number of hydrogen-bond donors (Lipinski definition) is 1. The molecule has 0 aliphatic rings. The zero-order chi connectivity index (χ0) is 13.3. The average molecular weight is 302 g/mol. The van der Waals surface area contributed by atoms with E-state index in [1.165, 1.54) is 0 Å². The van der Waals surface area contributed by atoms with Gasteiger partial charge in [-0.05, 0) is 42.8 Å². The summed E-state index contributed by atoms with van der Waals surface area (Å²) in [5.41, 5.74) is -0.0227. The molecule has 1 atom stereocenters. The van der Waals surface area contributed by atoms with Crippen LogP contribution in [0.1, 0.15) is 18.1 Å². The third-order valence-electron chi connectivity index (χ3n) is 2.84. The zero-order valence-electron chi connectivity index (χ0n) is 9.62. The Bertz CT molecular complexity index is 579. The second-order valence-corrected chi connectivity index (χ2v) is 5.49. The normalized spacial score (nSPS) is 14.3. The summed E-state index contributed by atoms with van der Waals surface area (Å²) in [4.78, 5) is 0. The van der Waals surface area contributed by atoms with E-state index in [9.17, 15) is 5.11 Å². The van der Waals surface area contributed by atoms with E-state index in [4.69, 9.17) is 34.8 Å². The fourth-order valence-corrected chi connectivity index (χ4v) is 2.48. The van der Waals surface area contributed by atoms with Gasteiger partial charge in [0, 0.05) is 20.6 Å². The fraction of sp³-hybridized carbons (Fsp3) is 0.143. The highest BCUT2D eigenvalue weighted by atomic mass is 35.5. The minimum Gasteiger partial charge on any atom is -0.381 e. The van der Waals surface area contributed by atoms with Crippen LogP contribution in [0.2, 0.25) is 15.1 Å². The fourth-order valence-electron chi connectivity index (χ4n) is 1.82. The van der Waals surface area contributed by atoms with Gasteiger partial charge in [0.2, 0.25) is 0 Å². The van der Waals surface area contributed by atoms with Gasteiger partial charge in [-0.2, -0.15) is 0 Å². The highest BCUT2D eigenvalue weighted by molar-refractivity contribution is 6.33. The summed E-state index contributed by atoms with van der Waals surface area (Å²) in [7, 11) is 0. The molecule has 94 valence electrons. The van der Waals surface area contributed by atoms with E-state index < -0.39 is 5.60 Å². The van der Waals surface area contributed by atoms with Gasteiger partial charge in [0.25, 0.3) is 0 Å². The lowest BCUT2D eigenvalue weighted by molar-refractivity contribution is 0.102. The molecule has 2 aromatic rings. The van der Waals surface area contributed by atoms with Gasteiger partial charge in [0.05, 0.1) is 0 Å². The number of halogens is 3. The lowest BCUT2D eigenvalue weighted by Gasteiger charge is -2.26. The van der Waals surface area contributed by atoms with E-state index in [-0.39, 0.29) is 0 Å². The molecule has 4 heteroatoms. The quantitative estimate of drug-likeness (QED) is 0.836. The van der Waals surface area contributed by atoms with E-state index in [1.54, 1.807) is 49.4 Å². The molecule has 0 heterocycles. The Balaban J connectivity index is 2.57. The van der Waals surface area contributed by atoms with E-state index in [1.807, 2.05) is 0 Å². The Morgan fingerprint density at radius 1 is 0.944 bits per heavy atom. The Kier molecular flexibility index (Phi) is 3.88. The molecule has 18 heavy (non-hydrogen) atoms. The van der Waals surface area contributed by atoms with Gasteiger partial charge >= 0.3 is 0 Å². The molecule has 0 radical (unpaired) electrons. The largest absolute Gasteiger partial charge is 0.381 e. The van der Waals surface area contributed by atoms with Crippen LogP contribution >= 0.6 is 34.8 Å². The van der Waals surface area contributed by atoms with E-state index in [0.29, 0.717) is 26.2 Å². The Labute approximate surface area is 121 Å². The number of benzene rings is 2. The van der Waals surface area contributed by atoms with Gasteiger partial charge in [-0.25, -0.2) is 0 Å².